The standard InChI is InChI=1S/C31H38N4O5S/c1-20-18-24-25(28(37)33-22-10-6-3-7-11-22)26-30(39)35(23(19-36)21-8-4-2-5-9-21)27(31(20,26)41-24)29(38)32-12-13-34-14-16-40-17-15-34/h2-11,20,23-27,36H,12-19H2,1H3,(H,32,38)(H,33,37)/t20?,23-,24-,25+,26+,27?,31?/m1/s1. The number of likely N-dealkylation sites (tertiary alicyclic amines) is 1. The van der Waals surface area contributed by atoms with Crippen molar-refractivity contribution in [2.24, 2.45) is 17.8 Å². The second kappa shape index (κ2) is 11.8. The molecule has 4 aliphatic heterocycles. The van der Waals surface area contributed by atoms with Gasteiger partial charge in [0.2, 0.25) is 17.7 Å². The summed E-state index contributed by atoms with van der Waals surface area (Å²) in [5.41, 5.74) is 1.45. The molecule has 41 heavy (non-hydrogen) atoms. The first-order valence-corrected chi connectivity index (χ1v) is 15.4. The number of morpholine rings is 1. The van der Waals surface area contributed by atoms with Crippen molar-refractivity contribution in [1.29, 1.82) is 0 Å². The number of anilines is 1. The third-order valence-electron chi connectivity index (χ3n) is 9.30. The third-order valence-corrected chi connectivity index (χ3v) is 11.4. The zero-order chi connectivity index (χ0) is 28.6. The summed E-state index contributed by atoms with van der Waals surface area (Å²) in [7, 11) is 0. The number of nitrogens with one attached hydrogen (secondary N) is 2. The maximum Gasteiger partial charge on any atom is 0.244 e. The van der Waals surface area contributed by atoms with E-state index in [1.165, 1.54) is 0 Å². The molecule has 3 unspecified atom stereocenters. The number of hydrogen-bond donors (Lipinski definition) is 3. The van der Waals surface area contributed by atoms with Crippen LogP contribution in [0.2, 0.25) is 0 Å². The molecule has 3 N–H and O–H groups in total. The topological polar surface area (TPSA) is 111 Å². The molecule has 2 bridgehead atoms. The lowest BCUT2D eigenvalue weighted by molar-refractivity contribution is -0.142. The maximum atomic E-state index is 14.5. The van der Waals surface area contributed by atoms with E-state index < -0.39 is 28.7 Å². The number of aliphatic hydroxyl groups is 1. The number of benzene rings is 2. The highest BCUT2D eigenvalue weighted by Gasteiger charge is 2.76. The molecule has 0 saturated carbocycles. The molecule has 9 nitrogen and oxygen atoms in total. The van der Waals surface area contributed by atoms with Crippen molar-refractivity contribution in [3.8, 4) is 0 Å². The van der Waals surface area contributed by atoms with E-state index in [1.807, 2.05) is 60.7 Å². The molecule has 7 atom stereocenters. The molecule has 4 saturated heterocycles. The van der Waals surface area contributed by atoms with Gasteiger partial charge < -0.3 is 25.4 Å². The predicted octanol–water partition coefficient (Wildman–Crippen LogP) is 2.14. The summed E-state index contributed by atoms with van der Waals surface area (Å²) in [6.07, 6.45) is 0.752. The lowest BCUT2D eigenvalue weighted by Crippen LogP contribution is -2.57. The van der Waals surface area contributed by atoms with Crippen molar-refractivity contribution in [2.45, 2.75) is 35.4 Å². The van der Waals surface area contributed by atoms with E-state index in [0.717, 1.165) is 25.1 Å². The van der Waals surface area contributed by atoms with Crippen LogP contribution in [0, 0.1) is 17.8 Å². The first-order valence-electron chi connectivity index (χ1n) is 14.5. The van der Waals surface area contributed by atoms with Gasteiger partial charge >= 0.3 is 0 Å². The van der Waals surface area contributed by atoms with Gasteiger partial charge in [0.25, 0.3) is 0 Å². The highest BCUT2D eigenvalue weighted by Crippen LogP contribution is 2.69. The van der Waals surface area contributed by atoms with Gasteiger partial charge in [-0.15, -0.1) is 11.8 Å². The van der Waals surface area contributed by atoms with Crippen molar-refractivity contribution < 1.29 is 24.2 Å². The van der Waals surface area contributed by atoms with E-state index in [1.54, 1.807) is 16.7 Å². The van der Waals surface area contributed by atoms with Gasteiger partial charge in [0, 0.05) is 37.1 Å². The fraction of sp³-hybridized carbons (Fsp3) is 0.516. The predicted molar refractivity (Wildman–Crippen MR) is 157 cm³/mol. The van der Waals surface area contributed by atoms with E-state index >= 15 is 0 Å². The molecule has 1 spiro atoms. The minimum Gasteiger partial charge on any atom is -0.394 e. The van der Waals surface area contributed by atoms with E-state index in [0.29, 0.717) is 32.0 Å². The summed E-state index contributed by atoms with van der Waals surface area (Å²) in [6, 6.07) is 17.2. The van der Waals surface area contributed by atoms with Gasteiger partial charge in [-0.2, -0.15) is 0 Å². The van der Waals surface area contributed by atoms with E-state index in [2.05, 4.69) is 22.5 Å². The molecule has 2 aromatic rings. The smallest absolute Gasteiger partial charge is 0.244 e. The van der Waals surface area contributed by atoms with Gasteiger partial charge in [0.05, 0.1) is 42.4 Å². The zero-order valence-corrected chi connectivity index (χ0v) is 24.1. The van der Waals surface area contributed by atoms with Gasteiger partial charge in [0.15, 0.2) is 0 Å². The Balaban J connectivity index is 1.33. The number of hydrogen-bond acceptors (Lipinski definition) is 7. The number of amides is 3. The van der Waals surface area contributed by atoms with Crippen molar-refractivity contribution in [3.05, 3.63) is 66.2 Å². The first kappa shape index (κ1) is 28.2. The molecular weight excluding hydrogens is 540 g/mol. The summed E-state index contributed by atoms with van der Waals surface area (Å²) < 4.78 is 4.68. The molecule has 10 heteroatoms. The summed E-state index contributed by atoms with van der Waals surface area (Å²) in [6.45, 7) is 5.94. The third kappa shape index (κ3) is 4.94. The number of aliphatic hydroxyl groups excluding tert-OH is 1. The molecule has 0 aliphatic carbocycles. The molecule has 4 heterocycles. The molecule has 4 fully saturated rings. The monoisotopic (exact) mass is 578 g/mol. The number of fused-ring (bicyclic) bond motifs is 1. The van der Waals surface area contributed by atoms with Crippen LogP contribution < -0.4 is 10.6 Å². The number of ether oxygens (including phenoxy) is 1. The maximum absolute atomic E-state index is 14.5. The van der Waals surface area contributed by atoms with Crippen LogP contribution in [-0.4, -0.2) is 94.7 Å². The Bertz CT molecular complexity index is 1260. The van der Waals surface area contributed by atoms with E-state index in [9.17, 15) is 19.5 Å². The molecule has 218 valence electrons. The van der Waals surface area contributed by atoms with Gasteiger partial charge in [-0.05, 0) is 30.0 Å². The van der Waals surface area contributed by atoms with Gasteiger partial charge in [-0.25, -0.2) is 0 Å². The Morgan fingerprint density at radius 3 is 2.44 bits per heavy atom. The highest BCUT2D eigenvalue weighted by atomic mass is 32.2. The number of carbonyl (C=O) groups excluding carboxylic acids is 3. The van der Waals surface area contributed by atoms with Crippen LogP contribution in [0.5, 0.6) is 0 Å². The van der Waals surface area contributed by atoms with E-state index in [4.69, 9.17) is 4.74 Å². The van der Waals surface area contributed by atoms with Crippen molar-refractivity contribution in [3.63, 3.8) is 0 Å². The van der Waals surface area contributed by atoms with Crippen molar-refractivity contribution in [1.82, 2.24) is 15.1 Å². The molecule has 3 amide bonds. The van der Waals surface area contributed by atoms with Crippen LogP contribution in [0.3, 0.4) is 0 Å². The highest BCUT2D eigenvalue weighted by molar-refractivity contribution is 8.02. The van der Waals surface area contributed by atoms with Crippen LogP contribution in [0.4, 0.5) is 5.69 Å². The van der Waals surface area contributed by atoms with Gasteiger partial charge in [-0.1, -0.05) is 55.5 Å². The second-order valence-corrected chi connectivity index (χ2v) is 13.1. The quantitative estimate of drug-likeness (QED) is 0.418. The normalized spacial score (nSPS) is 31.6. The Morgan fingerprint density at radius 2 is 1.76 bits per heavy atom. The number of para-hydroxylation sites is 1. The largest absolute Gasteiger partial charge is 0.394 e. The average molecular weight is 579 g/mol. The molecule has 0 radical (unpaired) electrons. The second-order valence-electron chi connectivity index (χ2n) is 11.5. The number of thioether (sulfide) groups is 1. The lowest BCUT2D eigenvalue weighted by atomic mass is 9.66. The number of carbonyl (C=O) groups is 3. The molecule has 0 aromatic heterocycles. The lowest BCUT2D eigenvalue weighted by Gasteiger charge is -2.40. The summed E-state index contributed by atoms with van der Waals surface area (Å²) in [5, 5.41) is 16.7. The SMILES string of the molecule is CC1C[C@H]2SC13C(C(=O)NCCN1CCOCC1)N([C@H](CO)c1ccccc1)C(=O)[C@@H]3[C@H]2C(=O)Nc1ccccc1. The Morgan fingerprint density at radius 1 is 1.07 bits per heavy atom. The average Bonchev–Trinajstić information content (AvgIpc) is 3.59. The van der Waals surface area contributed by atoms with Gasteiger partial charge in [-0.3, -0.25) is 19.3 Å². The van der Waals surface area contributed by atoms with Crippen LogP contribution in [0.15, 0.2) is 60.7 Å². The summed E-state index contributed by atoms with van der Waals surface area (Å²) >= 11 is 1.64. The van der Waals surface area contributed by atoms with Crippen molar-refractivity contribution in [2.75, 3.05) is 51.3 Å². The molecule has 4 aliphatic rings. The summed E-state index contributed by atoms with van der Waals surface area (Å²) in [4.78, 5) is 46.3. The van der Waals surface area contributed by atoms with Crippen LogP contribution >= 0.6 is 11.8 Å². The minimum absolute atomic E-state index is 0.0438. The molecule has 6 rings (SSSR count). The van der Waals surface area contributed by atoms with Crippen LogP contribution in [0.1, 0.15) is 24.9 Å². The molecular formula is C31H38N4O5S. The fourth-order valence-corrected chi connectivity index (χ4v) is 9.84. The van der Waals surface area contributed by atoms with Crippen molar-refractivity contribution >= 4 is 35.2 Å². The number of rotatable bonds is 9. The number of nitrogens with zero attached hydrogens (tertiary/aromatic N) is 2. The van der Waals surface area contributed by atoms with Crippen LogP contribution in [-0.2, 0) is 19.1 Å². The zero-order valence-electron chi connectivity index (χ0n) is 23.3. The van der Waals surface area contributed by atoms with Crippen LogP contribution in [0.25, 0.3) is 0 Å². The Kier molecular flexibility index (Phi) is 8.09. The molecule has 2 aromatic carbocycles. The van der Waals surface area contributed by atoms with E-state index in [-0.39, 0.29) is 35.5 Å². The van der Waals surface area contributed by atoms with Gasteiger partial charge in [0.1, 0.15) is 6.04 Å². The fourth-order valence-electron chi connectivity index (χ4n) is 7.43. The summed E-state index contributed by atoms with van der Waals surface area (Å²) in [5.74, 6) is -1.80. The first-order chi connectivity index (χ1) is 20.0. The Hall–Kier alpha value is -2.92. The Labute approximate surface area is 245 Å². The minimum atomic E-state index is -0.804.